The van der Waals surface area contributed by atoms with Crippen LogP contribution in [0.3, 0.4) is 0 Å². The standard InChI is InChI=1S/C12H16O/c1-12(2,3)11-6-4-5-10(9-11)7-8-13/h4-9,13H,1-3H3. The molecule has 0 atom stereocenters. The lowest BCUT2D eigenvalue weighted by molar-refractivity contribution is 0.478. The first-order chi connectivity index (χ1) is 6.04. The molecule has 0 aliphatic heterocycles. The van der Waals surface area contributed by atoms with Gasteiger partial charge in [0, 0.05) is 0 Å². The van der Waals surface area contributed by atoms with Crippen molar-refractivity contribution in [3.05, 3.63) is 41.7 Å². The van der Waals surface area contributed by atoms with Gasteiger partial charge in [0.25, 0.3) is 0 Å². The van der Waals surface area contributed by atoms with Gasteiger partial charge in [0.15, 0.2) is 0 Å². The van der Waals surface area contributed by atoms with Crippen molar-refractivity contribution in [2.45, 2.75) is 26.2 Å². The smallest absolute Gasteiger partial charge is 0.0797 e. The topological polar surface area (TPSA) is 20.2 Å². The van der Waals surface area contributed by atoms with Gasteiger partial charge in [-0.3, -0.25) is 0 Å². The van der Waals surface area contributed by atoms with E-state index >= 15 is 0 Å². The Hall–Kier alpha value is -1.24. The fraction of sp³-hybridized carbons (Fsp3) is 0.333. The summed E-state index contributed by atoms with van der Waals surface area (Å²) in [5.41, 5.74) is 2.48. The Morgan fingerprint density at radius 1 is 1.23 bits per heavy atom. The molecule has 0 unspecified atom stereocenters. The van der Waals surface area contributed by atoms with Crippen LogP contribution in [-0.4, -0.2) is 5.11 Å². The van der Waals surface area contributed by atoms with E-state index < -0.39 is 0 Å². The fourth-order valence-corrected chi connectivity index (χ4v) is 1.19. The zero-order chi connectivity index (χ0) is 9.90. The van der Waals surface area contributed by atoms with Crippen molar-refractivity contribution >= 4 is 6.08 Å². The first-order valence-electron chi connectivity index (χ1n) is 4.45. The normalized spacial score (nSPS) is 12.2. The van der Waals surface area contributed by atoms with Crippen molar-refractivity contribution in [3.63, 3.8) is 0 Å². The van der Waals surface area contributed by atoms with Crippen LogP contribution in [0.1, 0.15) is 31.9 Å². The summed E-state index contributed by atoms with van der Waals surface area (Å²) in [6.07, 6.45) is 2.76. The minimum Gasteiger partial charge on any atom is -0.516 e. The Bertz CT molecular complexity index is 305. The number of rotatable bonds is 1. The molecule has 0 spiro atoms. The van der Waals surface area contributed by atoms with Crippen LogP contribution in [0.15, 0.2) is 30.5 Å². The quantitative estimate of drug-likeness (QED) is 0.649. The third-order valence-corrected chi connectivity index (χ3v) is 2.02. The van der Waals surface area contributed by atoms with Gasteiger partial charge < -0.3 is 5.11 Å². The average Bonchev–Trinajstić information content (AvgIpc) is 2.04. The van der Waals surface area contributed by atoms with Gasteiger partial charge in [-0.2, -0.15) is 0 Å². The molecule has 0 aliphatic carbocycles. The Morgan fingerprint density at radius 2 is 1.92 bits per heavy atom. The Labute approximate surface area is 79.7 Å². The predicted octanol–water partition coefficient (Wildman–Crippen LogP) is 3.51. The minimum atomic E-state index is 0.166. The number of hydrogen-bond acceptors (Lipinski definition) is 1. The molecule has 13 heavy (non-hydrogen) atoms. The summed E-state index contributed by atoms with van der Waals surface area (Å²) >= 11 is 0. The summed E-state index contributed by atoms with van der Waals surface area (Å²) < 4.78 is 0. The van der Waals surface area contributed by atoms with Gasteiger partial charge in [-0.15, -0.1) is 0 Å². The molecule has 1 nitrogen and oxygen atoms in total. The van der Waals surface area contributed by atoms with Crippen LogP contribution in [0.2, 0.25) is 0 Å². The van der Waals surface area contributed by atoms with Gasteiger partial charge in [-0.1, -0.05) is 45.0 Å². The number of aliphatic hydroxyl groups excluding tert-OH is 1. The van der Waals surface area contributed by atoms with E-state index in [9.17, 15) is 0 Å². The van der Waals surface area contributed by atoms with E-state index in [4.69, 9.17) is 5.11 Å². The lowest BCUT2D eigenvalue weighted by Gasteiger charge is -2.19. The number of benzene rings is 1. The minimum absolute atomic E-state index is 0.166. The van der Waals surface area contributed by atoms with Crippen molar-refractivity contribution in [2.24, 2.45) is 0 Å². The highest BCUT2D eigenvalue weighted by atomic mass is 16.2. The van der Waals surface area contributed by atoms with Crippen LogP contribution in [0.4, 0.5) is 0 Å². The van der Waals surface area contributed by atoms with Crippen molar-refractivity contribution in [2.75, 3.05) is 0 Å². The molecule has 0 radical (unpaired) electrons. The Balaban J connectivity index is 3.05. The van der Waals surface area contributed by atoms with Gasteiger partial charge in [0.1, 0.15) is 0 Å². The van der Waals surface area contributed by atoms with Crippen molar-refractivity contribution in [1.29, 1.82) is 0 Å². The van der Waals surface area contributed by atoms with Crippen molar-refractivity contribution in [1.82, 2.24) is 0 Å². The highest BCUT2D eigenvalue weighted by molar-refractivity contribution is 5.49. The molecule has 0 heterocycles. The second kappa shape index (κ2) is 3.65. The number of aliphatic hydroxyl groups is 1. The predicted molar refractivity (Wildman–Crippen MR) is 56.8 cm³/mol. The molecule has 0 saturated heterocycles. The van der Waals surface area contributed by atoms with Gasteiger partial charge in [-0.05, 0) is 22.6 Å². The maximum atomic E-state index is 8.63. The molecule has 0 aromatic heterocycles. The molecule has 0 fully saturated rings. The zero-order valence-corrected chi connectivity index (χ0v) is 8.41. The molecule has 70 valence electrons. The first kappa shape index (κ1) is 9.85. The van der Waals surface area contributed by atoms with Crippen LogP contribution in [-0.2, 0) is 5.41 Å². The summed E-state index contributed by atoms with van der Waals surface area (Å²) in [6, 6.07) is 8.18. The zero-order valence-electron chi connectivity index (χ0n) is 8.41. The molecule has 0 aliphatic rings. The average molecular weight is 176 g/mol. The lowest BCUT2D eigenvalue weighted by Crippen LogP contribution is -2.10. The summed E-state index contributed by atoms with van der Waals surface area (Å²) in [6.45, 7) is 6.53. The van der Waals surface area contributed by atoms with Crippen LogP contribution in [0.25, 0.3) is 6.08 Å². The molecule has 1 aromatic carbocycles. The molecule has 1 aromatic rings. The van der Waals surface area contributed by atoms with Crippen LogP contribution < -0.4 is 0 Å². The summed E-state index contributed by atoms with van der Waals surface area (Å²) in [7, 11) is 0. The highest BCUT2D eigenvalue weighted by Gasteiger charge is 2.12. The van der Waals surface area contributed by atoms with E-state index in [1.54, 1.807) is 6.08 Å². The second-order valence-electron chi connectivity index (χ2n) is 4.19. The van der Waals surface area contributed by atoms with Gasteiger partial charge >= 0.3 is 0 Å². The van der Waals surface area contributed by atoms with Gasteiger partial charge in [0.2, 0.25) is 0 Å². The van der Waals surface area contributed by atoms with E-state index in [1.807, 2.05) is 12.1 Å². The molecule has 0 amide bonds. The summed E-state index contributed by atoms with van der Waals surface area (Å²) in [5.74, 6) is 0. The molecular weight excluding hydrogens is 160 g/mol. The highest BCUT2D eigenvalue weighted by Crippen LogP contribution is 2.22. The molecule has 1 rings (SSSR count). The number of hydrogen-bond donors (Lipinski definition) is 1. The van der Waals surface area contributed by atoms with Crippen LogP contribution >= 0.6 is 0 Å². The van der Waals surface area contributed by atoms with Gasteiger partial charge in [-0.25, -0.2) is 0 Å². The second-order valence-corrected chi connectivity index (χ2v) is 4.19. The van der Waals surface area contributed by atoms with Crippen LogP contribution in [0, 0.1) is 0 Å². The van der Waals surface area contributed by atoms with E-state index in [0.717, 1.165) is 11.8 Å². The van der Waals surface area contributed by atoms with E-state index in [1.165, 1.54) is 5.56 Å². The molecule has 1 heteroatoms. The lowest BCUT2D eigenvalue weighted by atomic mass is 9.86. The Morgan fingerprint density at radius 3 is 2.46 bits per heavy atom. The Kier molecular flexibility index (Phi) is 2.76. The fourth-order valence-electron chi connectivity index (χ4n) is 1.19. The molecule has 1 N–H and O–H groups in total. The first-order valence-corrected chi connectivity index (χ1v) is 4.45. The van der Waals surface area contributed by atoms with E-state index in [-0.39, 0.29) is 5.41 Å². The van der Waals surface area contributed by atoms with Gasteiger partial charge in [0.05, 0.1) is 6.26 Å². The molecule has 0 bridgehead atoms. The summed E-state index contributed by atoms with van der Waals surface area (Å²) in [5, 5.41) is 8.63. The SMILES string of the molecule is CC(C)(C)c1cccc(C=CO)c1. The van der Waals surface area contributed by atoms with E-state index in [2.05, 4.69) is 32.9 Å². The molecular formula is C12H16O. The van der Waals surface area contributed by atoms with Crippen LogP contribution in [0.5, 0.6) is 0 Å². The largest absolute Gasteiger partial charge is 0.516 e. The third kappa shape index (κ3) is 2.62. The van der Waals surface area contributed by atoms with E-state index in [0.29, 0.717) is 0 Å². The third-order valence-electron chi connectivity index (χ3n) is 2.02. The monoisotopic (exact) mass is 176 g/mol. The summed E-state index contributed by atoms with van der Waals surface area (Å²) in [4.78, 5) is 0. The maximum absolute atomic E-state index is 8.63. The van der Waals surface area contributed by atoms with Crippen molar-refractivity contribution in [3.8, 4) is 0 Å². The van der Waals surface area contributed by atoms with Crippen molar-refractivity contribution < 1.29 is 5.11 Å². The maximum Gasteiger partial charge on any atom is 0.0797 e. The molecule has 0 saturated carbocycles.